The molecule has 0 saturated heterocycles. The molecule has 0 saturated carbocycles. The lowest BCUT2D eigenvalue weighted by Gasteiger charge is -2.22. The van der Waals surface area contributed by atoms with Crippen LogP contribution in [0.4, 0.5) is 5.69 Å². The van der Waals surface area contributed by atoms with Crippen LogP contribution in [0.2, 0.25) is 0 Å². The largest absolute Gasteiger partial charge is 0.398 e. The van der Waals surface area contributed by atoms with E-state index in [1.165, 1.54) is 71.8 Å². The molecule has 1 heteroatoms. The Morgan fingerprint density at radius 1 is 0.359 bits per heavy atom. The molecule has 39 heavy (non-hydrogen) atoms. The molecule has 8 rings (SSSR count). The SMILES string of the molecule is Nc1ccc(-c2cc(-c3ccccc3)c3c(c2-c2ccccc2)-c2cccc4cccc-3c24)c2ccccc12. The van der Waals surface area contributed by atoms with Gasteiger partial charge in [0.2, 0.25) is 0 Å². The minimum absolute atomic E-state index is 0.803. The third-order valence-corrected chi connectivity index (χ3v) is 8.17. The molecule has 2 N–H and O–H groups in total. The van der Waals surface area contributed by atoms with E-state index in [0.29, 0.717) is 0 Å². The normalized spacial score (nSPS) is 11.7. The van der Waals surface area contributed by atoms with Gasteiger partial charge < -0.3 is 5.73 Å². The number of nitrogens with two attached hydrogens (primary N) is 1. The third kappa shape index (κ3) is 3.20. The first-order valence-electron chi connectivity index (χ1n) is 13.4. The number of anilines is 1. The smallest absolute Gasteiger partial charge is 0.0394 e. The highest BCUT2D eigenvalue weighted by atomic mass is 14.5. The monoisotopic (exact) mass is 495 g/mol. The van der Waals surface area contributed by atoms with Crippen LogP contribution in [-0.4, -0.2) is 0 Å². The van der Waals surface area contributed by atoms with Crippen molar-refractivity contribution in [1.29, 1.82) is 0 Å². The van der Waals surface area contributed by atoms with E-state index in [0.717, 1.165) is 11.1 Å². The molecule has 7 aromatic rings. The Morgan fingerprint density at radius 2 is 0.974 bits per heavy atom. The highest BCUT2D eigenvalue weighted by molar-refractivity contribution is 6.23. The summed E-state index contributed by atoms with van der Waals surface area (Å²) in [5, 5.41) is 4.87. The van der Waals surface area contributed by atoms with E-state index in [4.69, 9.17) is 5.73 Å². The summed E-state index contributed by atoms with van der Waals surface area (Å²) in [6.45, 7) is 0. The van der Waals surface area contributed by atoms with Crippen LogP contribution in [0.15, 0.2) is 140 Å². The molecule has 1 nitrogen and oxygen atoms in total. The van der Waals surface area contributed by atoms with Crippen molar-refractivity contribution in [2.24, 2.45) is 0 Å². The third-order valence-electron chi connectivity index (χ3n) is 8.17. The summed E-state index contributed by atoms with van der Waals surface area (Å²) in [6.07, 6.45) is 0. The average molecular weight is 496 g/mol. The van der Waals surface area contributed by atoms with Crippen LogP contribution in [0.25, 0.3) is 77.2 Å². The fourth-order valence-corrected chi connectivity index (χ4v) is 6.51. The predicted molar refractivity (Wildman–Crippen MR) is 167 cm³/mol. The minimum Gasteiger partial charge on any atom is -0.398 e. The molecule has 0 aromatic heterocycles. The Hall–Kier alpha value is -5.14. The van der Waals surface area contributed by atoms with Gasteiger partial charge in [0.25, 0.3) is 0 Å². The van der Waals surface area contributed by atoms with Crippen LogP contribution in [0.1, 0.15) is 0 Å². The van der Waals surface area contributed by atoms with Gasteiger partial charge in [0.1, 0.15) is 0 Å². The van der Waals surface area contributed by atoms with Crippen LogP contribution >= 0.6 is 0 Å². The van der Waals surface area contributed by atoms with Crippen LogP contribution in [-0.2, 0) is 0 Å². The fourth-order valence-electron chi connectivity index (χ4n) is 6.51. The van der Waals surface area contributed by atoms with E-state index < -0.39 is 0 Å². The summed E-state index contributed by atoms with van der Waals surface area (Å²) in [4.78, 5) is 0. The van der Waals surface area contributed by atoms with Crippen molar-refractivity contribution in [2.45, 2.75) is 0 Å². The second-order valence-corrected chi connectivity index (χ2v) is 10.3. The molecule has 0 unspecified atom stereocenters. The topological polar surface area (TPSA) is 26.0 Å². The fraction of sp³-hybridized carbons (Fsp3) is 0. The van der Waals surface area contributed by atoms with Gasteiger partial charge in [0, 0.05) is 11.1 Å². The van der Waals surface area contributed by atoms with Gasteiger partial charge in [0.15, 0.2) is 0 Å². The van der Waals surface area contributed by atoms with Crippen molar-refractivity contribution in [3.8, 4) is 55.6 Å². The highest BCUT2D eigenvalue weighted by Gasteiger charge is 2.30. The van der Waals surface area contributed by atoms with Gasteiger partial charge in [0.05, 0.1) is 0 Å². The molecule has 0 heterocycles. The molecule has 1 aliphatic rings. The molecule has 7 aromatic carbocycles. The molecular formula is C38H25N. The van der Waals surface area contributed by atoms with Gasteiger partial charge in [-0.2, -0.15) is 0 Å². The number of rotatable bonds is 3. The number of hydrogen-bond donors (Lipinski definition) is 1. The van der Waals surface area contributed by atoms with Crippen LogP contribution < -0.4 is 5.73 Å². The van der Waals surface area contributed by atoms with Crippen molar-refractivity contribution in [3.05, 3.63) is 140 Å². The first-order valence-corrected chi connectivity index (χ1v) is 13.4. The maximum atomic E-state index is 6.47. The van der Waals surface area contributed by atoms with Crippen molar-refractivity contribution < 1.29 is 0 Å². The van der Waals surface area contributed by atoms with Crippen LogP contribution in [0.5, 0.6) is 0 Å². The molecule has 0 spiro atoms. The summed E-state index contributed by atoms with van der Waals surface area (Å²) >= 11 is 0. The molecule has 0 atom stereocenters. The van der Waals surface area contributed by atoms with Crippen LogP contribution in [0.3, 0.4) is 0 Å². The van der Waals surface area contributed by atoms with Gasteiger partial charge in [-0.05, 0) is 83.9 Å². The summed E-state index contributed by atoms with van der Waals surface area (Å²) in [5.74, 6) is 0. The van der Waals surface area contributed by atoms with Crippen molar-refractivity contribution in [3.63, 3.8) is 0 Å². The van der Waals surface area contributed by atoms with Crippen LogP contribution in [0, 0.1) is 0 Å². The number of benzene rings is 7. The molecule has 0 aliphatic heterocycles. The Morgan fingerprint density at radius 3 is 1.69 bits per heavy atom. The average Bonchev–Trinajstić information content (AvgIpc) is 3.34. The summed E-state index contributed by atoms with van der Waals surface area (Å²) in [6, 6.07) is 50.2. The second-order valence-electron chi connectivity index (χ2n) is 10.3. The minimum atomic E-state index is 0.803. The van der Waals surface area contributed by atoms with Gasteiger partial charge in [-0.1, -0.05) is 127 Å². The zero-order valence-corrected chi connectivity index (χ0v) is 21.4. The quantitative estimate of drug-likeness (QED) is 0.242. The van der Waals surface area contributed by atoms with E-state index in [1.54, 1.807) is 0 Å². The van der Waals surface area contributed by atoms with Crippen molar-refractivity contribution in [1.82, 2.24) is 0 Å². The summed E-state index contributed by atoms with van der Waals surface area (Å²) in [7, 11) is 0. The Labute approximate surface area is 227 Å². The lowest BCUT2D eigenvalue weighted by atomic mass is 9.81. The lowest BCUT2D eigenvalue weighted by molar-refractivity contribution is 1.57. The molecular weight excluding hydrogens is 470 g/mol. The van der Waals surface area contributed by atoms with E-state index in [1.807, 2.05) is 0 Å². The van der Waals surface area contributed by atoms with E-state index in [2.05, 4.69) is 140 Å². The van der Waals surface area contributed by atoms with Gasteiger partial charge in [-0.25, -0.2) is 0 Å². The maximum Gasteiger partial charge on any atom is 0.0394 e. The zero-order valence-electron chi connectivity index (χ0n) is 21.4. The Kier molecular flexibility index (Phi) is 4.74. The number of fused-ring (bicyclic) bond motifs is 4. The maximum absolute atomic E-state index is 6.47. The predicted octanol–water partition coefficient (Wildman–Crippen LogP) is 10.2. The lowest BCUT2D eigenvalue weighted by Crippen LogP contribution is -1.96. The van der Waals surface area contributed by atoms with Gasteiger partial charge >= 0.3 is 0 Å². The molecule has 0 radical (unpaired) electrons. The first kappa shape index (κ1) is 21.9. The molecule has 0 bridgehead atoms. The first-order chi connectivity index (χ1) is 19.3. The molecule has 1 aliphatic carbocycles. The standard InChI is InChI=1S/C38H25N/c39-34-22-21-28(27-17-7-8-18-29(27)34)33-23-32(24-11-3-1-4-12-24)37-30-19-9-15-25-16-10-20-31(35(25)30)38(37)36(33)26-13-5-2-6-14-26/h1-23H,39H2. The van der Waals surface area contributed by atoms with Gasteiger partial charge in [-0.15, -0.1) is 0 Å². The summed E-state index contributed by atoms with van der Waals surface area (Å²) in [5.41, 5.74) is 19.9. The van der Waals surface area contributed by atoms with E-state index in [9.17, 15) is 0 Å². The number of nitrogen functional groups attached to an aromatic ring is 1. The Bertz CT molecular complexity index is 2050. The van der Waals surface area contributed by atoms with E-state index in [-0.39, 0.29) is 0 Å². The van der Waals surface area contributed by atoms with E-state index >= 15 is 0 Å². The van der Waals surface area contributed by atoms with Crippen molar-refractivity contribution in [2.75, 3.05) is 5.73 Å². The second kappa shape index (κ2) is 8.44. The van der Waals surface area contributed by atoms with Crippen molar-refractivity contribution >= 4 is 27.2 Å². The molecule has 182 valence electrons. The zero-order chi connectivity index (χ0) is 25.9. The molecule has 0 amide bonds. The number of hydrogen-bond acceptors (Lipinski definition) is 1. The summed E-state index contributed by atoms with van der Waals surface area (Å²) < 4.78 is 0. The molecule has 0 fully saturated rings. The highest BCUT2D eigenvalue weighted by Crippen LogP contribution is 2.57. The van der Waals surface area contributed by atoms with Gasteiger partial charge in [-0.3, -0.25) is 0 Å². The Balaban J connectivity index is 1.61.